The average molecular weight is 247 g/mol. The van der Waals surface area contributed by atoms with E-state index in [1.165, 1.54) is 0 Å². The highest BCUT2D eigenvalue weighted by molar-refractivity contribution is 7.37. The lowest BCUT2D eigenvalue weighted by Gasteiger charge is -1.93. The van der Waals surface area contributed by atoms with Crippen molar-refractivity contribution in [1.82, 2.24) is 15.0 Å². The molecule has 0 saturated heterocycles. The van der Waals surface area contributed by atoms with Gasteiger partial charge < -0.3 is 17.2 Å². The summed E-state index contributed by atoms with van der Waals surface area (Å²) < 4.78 is 9.91. The van der Waals surface area contributed by atoms with Crippen LogP contribution in [0.25, 0.3) is 0 Å². The Labute approximate surface area is 94.2 Å². The van der Waals surface area contributed by atoms with E-state index in [9.17, 15) is 4.57 Å². The molecular weight excluding hydrogens is 231 g/mol. The van der Waals surface area contributed by atoms with Crippen molar-refractivity contribution >= 4 is 25.9 Å². The zero-order valence-electron chi connectivity index (χ0n) is 9.00. The lowest BCUT2D eigenvalue weighted by Crippen LogP contribution is -2.05. The highest BCUT2D eigenvalue weighted by Gasteiger charge is 2.05. The summed E-state index contributed by atoms with van der Waals surface area (Å²) in [6.07, 6.45) is 2.33. The van der Waals surface area contributed by atoms with Crippen molar-refractivity contribution in [3.05, 3.63) is 0 Å². The molecule has 0 fully saturated rings. The molecule has 0 aromatic carbocycles. The monoisotopic (exact) mass is 247 g/mol. The Balaban J connectivity index is 0.000000293. The molecule has 0 aliphatic carbocycles. The predicted octanol–water partition coefficient (Wildman–Crippen LogP) is 0.139. The summed E-state index contributed by atoms with van der Waals surface area (Å²) in [5.74, 6) is 0.125. The molecule has 0 saturated carbocycles. The van der Waals surface area contributed by atoms with E-state index in [4.69, 9.17) is 22.1 Å². The van der Waals surface area contributed by atoms with Gasteiger partial charge in [-0.25, -0.2) is 0 Å². The number of nitrogens with two attached hydrogens (primary N) is 3. The molecule has 0 spiro atoms. The molecule has 9 heteroatoms. The van der Waals surface area contributed by atoms with Gasteiger partial charge in [-0.1, -0.05) is 13.3 Å². The first-order chi connectivity index (χ1) is 7.45. The third kappa shape index (κ3) is 7.84. The predicted molar refractivity (Wildman–Crippen MR) is 62.7 cm³/mol. The van der Waals surface area contributed by atoms with Crippen LogP contribution in [-0.4, -0.2) is 26.0 Å². The second-order valence-corrected chi connectivity index (χ2v) is 3.99. The summed E-state index contributed by atoms with van der Waals surface area (Å²) in [5.41, 5.74) is 15.4. The molecule has 0 aliphatic heterocycles. The van der Waals surface area contributed by atoms with Crippen LogP contribution in [0.1, 0.15) is 19.8 Å². The third-order valence-corrected chi connectivity index (χ3v) is 2.09. The Morgan fingerprint density at radius 3 is 1.69 bits per heavy atom. The van der Waals surface area contributed by atoms with Gasteiger partial charge in [0.15, 0.2) is 6.16 Å². The topological polar surface area (TPSA) is 154 Å². The molecule has 1 aromatic rings. The van der Waals surface area contributed by atoms with Crippen molar-refractivity contribution in [3.63, 3.8) is 0 Å². The summed E-state index contributed by atoms with van der Waals surface area (Å²) in [4.78, 5) is 18.7. The van der Waals surface area contributed by atoms with Crippen LogP contribution < -0.4 is 17.2 Å². The van der Waals surface area contributed by atoms with Gasteiger partial charge in [-0.3, -0.25) is 0 Å². The second kappa shape index (κ2) is 7.72. The first kappa shape index (κ1) is 14.5. The van der Waals surface area contributed by atoms with E-state index >= 15 is 0 Å². The summed E-state index contributed by atoms with van der Waals surface area (Å²) in [6.45, 7) is 2.00. The number of rotatable bonds is 3. The van der Waals surface area contributed by atoms with Gasteiger partial charge >= 0.3 is 8.03 Å². The molecule has 90 valence electrons. The van der Waals surface area contributed by atoms with Gasteiger partial charge in [0.25, 0.3) is 0 Å². The largest absolute Gasteiger partial charge is 0.505 e. The quantitative estimate of drug-likeness (QED) is 0.550. The number of hydrogen-bond acceptors (Lipinski definition) is 7. The highest BCUT2D eigenvalue weighted by atomic mass is 31.1. The maximum atomic E-state index is 9.91. The fraction of sp³-hybridized carbons (Fsp3) is 0.571. The van der Waals surface area contributed by atoms with E-state index in [-0.39, 0.29) is 17.8 Å². The molecule has 0 amide bonds. The van der Waals surface area contributed by atoms with Gasteiger partial charge in [0, 0.05) is 0 Å². The molecule has 16 heavy (non-hydrogen) atoms. The van der Waals surface area contributed by atoms with Crippen LogP contribution >= 0.6 is 8.03 Å². The summed E-state index contributed by atoms with van der Waals surface area (Å²) >= 11 is 0. The SMILES string of the molecule is CCCC[P+](=O)O.Nc1nc(N)nc(N)n1. The van der Waals surface area contributed by atoms with Crippen LogP contribution in [0, 0.1) is 0 Å². The van der Waals surface area contributed by atoms with Crippen LogP contribution in [0.4, 0.5) is 17.8 Å². The molecule has 7 N–H and O–H groups in total. The van der Waals surface area contributed by atoms with Crippen molar-refractivity contribution < 1.29 is 9.46 Å². The van der Waals surface area contributed by atoms with Gasteiger partial charge in [0.1, 0.15) is 0 Å². The first-order valence-electron chi connectivity index (χ1n) is 4.61. The molecule has 0 radical (unpaired) electrons. The van der Waals surface area contributed by atoms with Crippen molar-refractivity contribution in [2.24, 2.45) is 0 Å². The molecule has 1 heterocycles. The van der Waals surface area contributed by atoms with Gasteiger partial charge in [-0.2, -0.15) is 19.8 Å². The Morgan fingerprint density at radius 2 is 1.50 bits per heavy atom. The molecule has 1 aromatic heterocycles. The van der Waals surface area contributed by atoms with E-state index < -0.39 is 8.03 Å². The number of anilines is 3. The van der Waals surface area contributed by atoms with Crippen LogP contribution in [0.3, 0.4) is 0 Å². The van der Waals surface area contributed by atoms with Crippen LogP contribution in [0.5, 0.6) is 0 Å². The Hall–Kier alpha value is -1.53. The van der Waals surface area contributed by atoms with E-state index in [2.05, 4.69) is 15.0 Å². The zero-order chi connectivity index (χ0) is 12.6. The highest BCUT2D eigenvalue weighted by Crippen LogP contribution is 2.13. The first-order valence-corrected chi connectivity index (χ1v) is 6.01. The van der Waals surface area contributed by atoms with E-state index in [0.717, 1.165) is 12.8 Å². The molecule has 0 aliphatic rings. The van der Waals surface area contributed by atoms with Crippen molar-refractivity contribution in [2.45, 2.75) is 19.8 Å². The Kier molecular flexibility index (Phi) is 6.98. The maximum Gasteiger partial charge on any atom is 0.505 e. The molecule has 1 unspecified atom stereocenters. The van der Waals surface area contributed by atoms with E-state index in [1.54, 1.807) is 0 Å². The fourth-order valence-electron chi connectivity index (χ4n) is 0.720. The van der Waals surface area contributed by atoms with Crippen LogP contribution in [0.2, 0.25) is 0 Å². The van der Waals surface area contributed by atoms with Gasteiger partial charge in [-0.05, 0) is 11.0 Å². The summed E-state index contributed by atoms with van der Waals surface area (Å²) in [5, 5.41) is 0. The van der Waals surface area contributed by atoms with Gasteiger partial charge in [-0.15, -0.1) is 0 Å². The lowest BCUT2D eigenvalue weighted by atomic mass is 10.4. The number of nitrogen functional groups attached to an aromatic ring is 3. The Morgan fingerprint density at radius 1 is 1.12 bits per heavy atom. The normalized spacial score (nSPS) is 10.2. The average Bonchev–Trinajstić information content (AvgIpc) is 2.13. The minimum Gasteiger partial charge on any atom is -0.368 e. The Bertz CT molecular complexity index is 297. The molecule has 1 rings (SSSR count). The number of unbranched alkanes of at least 4 members (excludes halogenated alkanes) is 1. The summed E-state index contributed by atoms with van der Waals surface area (Å²) in [7, 11) is -1.86. The molecule has 0 bridgehead atoms. The van der Waals surface area contributed by atoms with Crippen LogP contribution in [-0.2, 0) is 4.57 Å². The summed E-state index contributed by atoms with van der Waals surface area (Å²) in [6, 6.07) is 0. The minimum atomic E-state index is -1.86. The third-order valence-electron chi connectivity index (χ3n) is 1.39. The second-order valence-electron chi connectivity index (χ2n) is 2.84. The zero-order valence-corrected chi connectivity index (χ0v) is 9.89. The van der Waals surface area contributed by atoms with E-state index in [0.29, 0.717) is 6.16 Å². The number of nitrogens with zero attached hydrogens (tertiary/aromatic N) is 3. The number of hydrogen-bond donors (Lipinski definition) is 4. The minimum absolute atomic E-state index is 0.0417. The number of aromatic nitrogens is 3. The van der Waals surface area contributed by atoms with Gasteiger partial charge in [0.2, 0.25) is 17.8 Å². The van der Waals surface area contributed by atoms with Gasteiger partial charge in [0.05, 0.1) is 0 Å². The van der Waals surface area contributed by atoms with Crippen molar-refractivity contribution in [3.8, 4) is 0 Å². The molecular formula is C7H16N6O2P+. The fourth-order valence-corrected chi connectivity index (χ4v) is 1.31. The van der Waals surface area contributed by atoms with E-state index in [1.807, 2.05) is 6.92 Å². The van der Waals surface area contributed by atoms with Crippen molar-refractivity contribution in [2.75, 3.05) is 23.4 Å². The van der Waals surface area contributed by atoms with Crippen LogP contribution in [0.15, 0.2) is 0 Å². The smallest absolute Gasteiger partial charge is 0.368 e. The maximum absolute atomic E-state index is 9.91. The molecule has 8 nitrogen and oxygen atoms in total. The van der Waals surface area contributed by atoms with Crippen molar-refractivity contribution in [1.29, 1.82) is 0 Å². The lowest BCUT2D eigenvalue weighted by molar-refractivity contribution is 0.501. The molecule has 1 atom stereocenters. The standard InChI is InChI=1S/C4H9O2P.C3H6N6/c1-2-3-4-7(5)6;4-1-7-2(5)9-3(6)8-1/h2-4H2,1H3;(H6,4,5,6,7,8,9)/p+1.